The summed E-state index contributed by atoms with van der Waals surface area (Å²) in [4.78, 5) is 19.9. The molecule has 4 N–H and O–H groups in total. The van der Waals surface area contributed by atoms with Gasteiger partial charge < -0.3 is 20.9 Å². The lowest BCUT2D eigenvalue weighted by molar-refractivity contribution is 0.0698. The molecule has 9 nitrogen and oxygen atoms in total. The van der Waals surface area contributed by atoms with Crippen molar-refractivity contribution in [2.45, 2.75) is 36.8 Å². The zero-order valence-corrected chi connectivity index (χ0v) is 15.4. The van der Waals surface area contributed by atoms with Crippen LogP contribution in [0.4, 0.5) is 10.2 Å². The van der Waals surface area contributed by atoms with E-state index in [1.165, 1.54) is 16.8 Å². The molecule has 29 heavy (non-hydrogen) atoms. The predicted molar refractivity (Wildman–Crippen MR) is 100 cm³/mol. The normalized spacial score (nSPS) is 18.4. The van der Waals surface area contributed by atoms with Crippen LogP contribution in [0.5, 0.6) is 5.88 Å². The van der Waals surface area contributed by atoms with Gasteiger partial charge in [0.2, 0.25) is 5.88 Å². The van der Waals surface area contributed by atoms with Gasteiger partial charge in [-0.3, -0.25) is 0 Å². The number of pyridine rings is 1. The quantitative estimate of drug-likeness (QED) is 0.551. The molecular formula is C19H19FN6O3. The van der Waals surface area contributed by atoms with Crippen LogP contribution in [-0.2, 0) is 5.54 Å². The summed E-state index contributed by atoms with van der Waals surface area (Å²) >= 11 is 0. The average Bonchev–Trinajstić information content (AvgIpc) is 3.59. The number of hydrogen-bond donors (Lipinski definition) is 3. The first-order valence-corrected chi connectivity index (χ1v) is 9.31. The number of carboxylic acids is 1. The summed E-state index contributed by atoms with van der Waals surface area (Å²) in [7, 11) is 0. The number of fused-ring (bicyclic) bond motifs is 1. The molecule has 5 rings (SSSR count). The van der Waals surface area contributed by atoms with E-state index in [0.717, 1.165) is 31.9 Å². The van der Waals surface area contributed by atoms with Crippen LogP contribution in [0.15, 0.2) is 30.7 Å². The van der Waals surface area contributed by atoms with Gasteiger partial charge in [0.15, 0.2) is 5.65 Å². The van der Waals surface area contributed by atoms with Crippen LogP contribution >= 0.6 is 0 Å². The van der Waals surface area contributed by atoms with Crippen LogP contribution in [0.3, 0.4) is 0 Å². The van der Waals surface area contributed by atoms with Crippen LogP contribution in [0, 0.1) is 5.82 Å². The maximum absolute atomic E-state index is 14.0. The van der Waals surface area contributed by atoms with Crippen molar-refractivity contribution in [1.29, 1.82) is 0 Å². The second-order valence-electron chi connectivity index (χ2n) is 7.81. The van der Waals surface area contributed by atoms with Gasteiger partial charge in [-0.2, -0.15) is 5.10 Å². The van der Waals surface area contributed by atoms with E-state index in [-0.39, 0.29) is 16.7 Å². The van der Waals surface area contributed by atoms with Crippen LogP contribution in [0.1, 0.15) is 41.6 Å². The number of aromatic nitrogens is 4. The summed E-state index contributed by atoms with van der Waals surface area (Å²) < 4.78 is 21.2. The number of ether oxygens (including phenoxy) is 1. The Morgan fingerprint density at radius 2 is 2.14 bits per heavy atom. The van der Waals surface area contributed by atoms with Crippen LogP contribution < -0.4 is 15.8 Å². The van der Waals surface area contributed by atoms with Gasteiger partial charge in [-0.15, -0.1) is 0 Å². The molecule has 3 heterocycles. The van der Waals surface area contributed by atoms with Gasteiger partial charge in [0.1, 0.15) is 23.8 Å². The van der Waals surface area contributed by atoms with Gasteiger partial charge in [0.05, 0.1) is 23.5 Å². The molecule has 2 fully saturated rings. The lowest BCUT2D eigenvalue weighted by Gasteiger charge is -2.22. The maximum atomic E-state index is 14.0. The van der Waals surface area contributed by atoms with E-state index in [2.05, 4.69) is 20.4 Å². The topological polar surface area (TPSA) is 128 Å². The van der Waals surface area contributed by atoms with Gasteiger partial charge in [0, 0.05) is 11.8 Å². The van der Waals surface area contributed by atoms with E-state index in [4.69, 9.17) is 10.5 Å². The van der Waals surface area contributed by atoms with E-state index in [1.807, 2.05) is 0 Å². The van der Waals surface area contributed by atoms with Crippen molar-refractivity contribution < 1.29 is 19.0 Å². The number of halogens is 1. The van der Waals surface area contributed by atoms with Crippen LogP contribution in [0.25, 0.3) is 5.65 Å². The zero-order chi connectivity index (χ0) is 20.2. The molecule has 10 heteroatoms. The Morgan fingerprint density at radius 1 is 1.34 bits per heavy atom. The minimum atomic E-state index is -1.11. The number of aromatic carboxylic acids is 1. The summed E-state index contributed by atoms with van der Waals surface area (Å²) in [5.41, 5.74) is 6.04. The highest BCUT2D eigenvalue weighted by Crippen LogP contribution is 2.51. The number of carboxylic acid groups (broad SMARTS) is 1. The fraction of sp³-hybridized carbons (Fsp3) is 0.368. The third-order valence-corrected chi connectivity index (χ3v) is 5.44. The SMILES string of the molecule is NC1(COc2ncc(F)cc2C2(Nc3ccn4ncc(C(=O)O)c4n3)CC2)CC1. The highest BCUT2D eigenvalue weighted by molar-refractivity contribution is 5.94. The predicted octanol–water partition coefficient (Wildman–Crippen LogP) is 1.93. The Balaban J connectivity index is 1.46. The summed E-state index contributed by atoms with van der Waals surface area (Å²) in [6.45, 7) is 0.330. The molecule has 3 aromatic rings. The number of carbonyl (C=O) groups is 1. The van der Waals surface area contributed by atoms with Crippen LogP contribution in [0.2, 0.25) is 0 Å². The smallest absolute Gasteiger partial charge is 0.341 e. The van der Waals surface area contributed by atoms with Crippen molar-refractivity contribution in [3.8, 4) is 5.88 Å². The number of rotatable bonds is 7. The largest absolute Gasteiger partial charge is 0.477 e. The lowest BCUT2D eigenvalue weighted by atomic mass is 10.1. The van der Waals surface area contributed by atoms with Crippen molar-refractivity contribution in [2.24, 2.45) is 5.73 Å². The van der Waals surface area contributed by atoms with Gasteiger partial charge in [-0.1, -0.05) is 0 Å². The number of nitrogens with two attached hydrogens (primary N) is 1. The van der Waals surface area contributed by atoms with Crippen LogP contribution in [-0.4, -0.2) is 42.8 Å². The first-order chi connectivity index (χ1) is 13.9. The molecule has 0 radical (unpaired) electrons. The third-order valence-electron chi connectivity index (χ3n) is 5.44. The Kier molecular flexibility index (Phi) is 3.75. The monoisotopic (exact) mass is 398 g/mol. The van der Waals surface area contributed by atoms with Crippen molar-refractivity contribution in [3.63, 3.8) is 0 Å². The first kappa shape index (κ1) is 17.8. The number of nitrogens with zero attached hydrogens (tertiary/aromatic N) is 4. The van der Waals surface area contributed by atoms with Gasteiger partial charge in [0.25, 0.3) is 0 Å². The van der Waals surface area contributed by atoms with E-state index < -0.39 is 17.3 Å². The highest BCUT2D eigenvalue weighted by atomic mass is 19.1. The molecule has 150 valence electrons. The summed E-state index contributed by atoms with van der Waals surface area (Å²) in [5, 5.41) is 16.6. The zero-order valence-electron chi connectivity index (χ0n) is 15.4. The van der Waals surface area contributed by atoms with E-state index in [0.29, 0.717) is 23.9 Å². The molecule has 0 aromatic carbocycles. The molecular weight excluding hydrogens is 379 g/mol. The molecule has 2 aliphatic carbocycles. The molecule has 0 unspecified atom stereocenters. The number of anilines is 1. The maximum Gasteiger partial charge on any atom is 0.341 e. The van der Waals surface area contributed by atoms with E-state index in [1.54, 1.807) is 12.3 Å². The number of hydrogen-bond acceptors (Lipinski definition) is 7. The fourth-order valence-corrected chi connectivity index (χ4v) is 3.32. The Hall–Kier alpha value is -3.27. The molecule has 0 aliphatic heterocycles. The fourth-order valence-electron chi connectivity index (χ4n) is 3.32. The van der Waals surface area contributed by atoms with Crippen molar-refractivity contribution in [1.82, 2.24) is 19.6 Å². The molecule has 0 bridgehead atoms. The number of nitrogens with one attached hydrogen (secondary N) is 1. The lowest BCUT2D eigenvalue weighted by Crippen LogP contribution is -2.31. The average molecular weight is 398 g/mol. The summed E-state index contributed by atoms with van der Waals surface area (Å²) in [6.07, 6.45) is 7.27. The first-order valence-electron chi connectivity index (χ1n) is 9.31. The van der Waals surface area contributed by atoms with E-state index >= 15 is 0 Å². The van der Waals surface area contributed by atoms with Crippen molar-refractivity contribution >= 4 is 17.4 Å². The Morgan fingerprint density at radius 3 is 2.83 bits per heavy atom. The van der Waals surface area contributed by atoms with Gasteiger partial charge >= 0.3 is 5.97 Å². The minimum Gasteiger partial charge on any atom is -0.477 e. The third kappa shape index (κ3) is 3.25. The molecule has 0 atom stereocenters. The van der Waals surface area contributed by atoms with E-state index in [9.17, 15) is 14.3 Å². The molecule has 2 aliphatic rings. The molecule has 3 aromatic heterocycles. The molecule has 0 amide bonds. The van der Waals surface area contributed by atoms with Gasteiger partial charge in [-0.05, 0) is 37.8 Å². The minimum absolute atomic E-state index is 0.00705. The molecule has 0 saturated heterocycles. The standard InChI is InChI=1S/C19H19FN6O3/c20-11-7-13(16(22-8-11)29-10-18(21)2-3-18)19(4-5-19)25-14-1-6-26-15(24-14)12(9-23-26)17(27)28/h1,6-9H,2-5,10,21H2,(H,24,25)(H,27,28). The second-order valence-corrected chi connectivity index (χ2v) is 7.81. The van der Waals surface area contributed by atoms with Crippen molar-refractivity contribution in [3.05, 3.63) is 47.7 Å². The highest BCUT2D eigenvalue weighted by Gasteiger charge is 2.48. The summed E-state index contributed by atoms with van der Waals surface area (Å²) in [6, 6.07) is 3.11. The second kappa shape index (κ2) is 6.11. The Labute approximate surface area is 164 Å². The summed E-state index contributed by atoms with van der Waals surface area (Å²) in [5.74, 6) is -0.747. The molecule has 2 saturated carbocycles. The van der Waals surface area contributed by atoms with Gasteiger partial charge in [-0.25, -0.2) is 23.7 Å². The molecule has 0 spiro atoms. The Bertz CT molecular complexity index is 1120. The van der Waals surface area contributed by atoms with Crippen molar-refractivity contribution in [2.75, 3.05) is 11.9 Å².